The molecule has 1 saturated heterocycles. The normalized spacial score (nSPS) is 24.1. The number of hydrogen-bond acceptors (Lipinski definition) is 5. The first-order valence-electron chi connectivity index (χ1n) is 13.1. The monoisotopic (exact) mass is 582 g/mol. The van der Waals surface area contributed by atoms with Crippen LogP contribution in [-0.4, -0.2) is 39.5 Å². The largest absolute Gasteiger partial charge is 0.347 e. The van der Waals surface area contributed by atoms with Crippen LogP contribution in [0.1, 0.15) is 55.1 Å². The third-order valence-electron chi connectivity index (χ3n) is 7.55. The number of aliphatic imine (C=N–C) groups is 1. The highest BCUT2D eigenvalue weighted by Crippen LogP contribution is 2.47. The van der Waals surface area contributed by atoms with Gasteiger partial charge in [0.15, 0.2) is 0 Å². The number of benzene rings is 1. The van der Waals surface area contributed by atoms with Crippen molar-refractivity contribution in [3.63, 3.8) is 0 Å². The first-order chi connectivity index (χ1) is 19.3. The van der Waals surface area contributed by atoms with E-state index in [4.69, 9.17) is 16.6 Å². The van der Waals surface area contributed by atoms with Gasteiger partial charge in [-0.05, 0) is 54.5 Å². The van der Waals surface area contributed by atoms with Gasteiger partial charge in [-0.3, -0.25) is 9.79 Å². The molecule has 2 unspecified atom stereocenters. The molecular weight excluding hydrogens is 557 g/mol. The van der Waals surface area contributed by atoms with Crippen molar-refractivity contribution < 1.29 is 18.0 Å². The quantitative estimate of drug-likeness (QED) is 0.393. The number of halogens is 4. The molecule has 10 heteroatoms. The van der Waals surface area contributed by atoms with Crippen LogP contribution in [0.5, 0.6) is 0 Å². The summed E-state index contributed by atoms with van der Waals surface area (Å²) in [7, 11) is 0. The van der Waals surface area contributed by atoms with Crippen LogP contribution in [0.15, 0.2) is 82.4 Å². The highest BCUT2D eigenvalue weighted by molar-refractivity contribution is 8.03. The molecule has 1 N–H and O–H groups in total. The molecule has 1 amide bonds. The molecule has 4 aliphatic rings. The van der Waals surface area contributed by atoms with E-state index in [1.807, 2.05) is 17.6 Å². The summed E-state index contributed by atoms with van der Waals surface area (Å²) in [5.74, 6) is 0.155. The number of amides is 1. The van der Waals surface area contributed by atoms with Crippen LogP contribution in [0.25, 0.3) is 5.57 Å². The number of carbonyl (C=O) groups excluding carboxylic acids is 1. The van der Waals surface area contributed by atoms with E-state index in [0.29, 0.717) is 29.8 Å². The number of amidine groups is 1. The molecule has 3 atom stereocenters. The summed E-state index contributed by atoms with van der Waals surface area (Å²) in [5, 5.41) is 5.14. The van der Waals surface area contributed by atoms with Crippen molar-refractivity contribution in [1.82, 2.24) is 15.2 Å². The lowest BCUT2D eigenvalue weighted by Crippen LogP contribution is -2.42. The number of hydrogen-bond donors (Lipinski definition) is 1. The first-order valence-corrected chi connectivity index (χ1v) is 14.4. The second-order valence-corrected chi connectivity index (χ2v) is 11.6. The van der Waals surface area contributed by atoms with E-state index in [1.165, 1.54) is 18.2 Å². The molecule has 1 aliphatic carbocycles. The Morgan fingerprint density at radius 1 is 1.25 bits per heavy atom. The lowest BCUT2D eigenvalue weighted by Gasteiger charge is -2.35. The van der Waals surface area contributed by atoms with Gasteiger partial charge < -0.3 is 10.2 Å². The molecule has 1 aromatic carbocycles. The number of alkyl halides is 2. The maximum atomic E-state index is 14.1. The minimum absolute atomic E-state index is 0.0831. The molecular formula is C30H26ClF3N4OS. The molecule has 1 aromatic heterocycles. The molecule has 1 fully saturated rings. The summed E-state index contributed by atoms with van der Waals surface area (Å²) in [6.07, 6.45) is 4.22. The van der Waals surface area contributed by atoms with Gasteiger partial charge in [-0.2, -0.15) is 0 Å². The van der Waals surface area contributed by atoms with E-state index in [0.717, 1.165) is 41.9 Å². The van der Waals surface area contributed by atoms with Crippen molar-refractivity contribution in [3.05, 3.63) is 105 Å². The van der Waals surface area contributed by atoms with E-state index in [-0.39, 0.29) is 27.9 Å². The Kier molecular flexibility index (Phi) is 7.35. The number of nitrogens with zero attached hydrogens (tertiary/aromatic N) is 3. The molecule has 0 saturated carbocycles. The summed E-state index contributed by atoms with van der Waals surface area (Å²) >= 11 is 8.13. The van der Waals surface area contributed by atoms with Crippen LogP contribution in [-0.2, 0) is 4.79 Å². The standard InChI is InChI=1S/C30H26ClF3N4OS/c1-16-11-12-40-27(16)29-37-26(20-10-9-18(32)13-21(20)31)25(22-7-4-8-23(36-22)28(33)34)24-14-19(15-38(24)29)35-30(39)17-5-2-3-6-17/h4-5,7-13,19,26-28H,1-3,6,14-15H2,(H,35,39)/t19?,26-,27?/m0/s1. The summed E-state index contributed by atoms with van der Waals surface area (Å²) < 4.78 is 41.5. The van der Waals surface area contributed by atoms with Gasteiger partial charge in [0.1, 0.15) is 23.4 Å². The summed E-state index contributed by atoms with van der Waals surface area (Å²) in [6, 6.07) is 7.65. The van der Waals surface area contributed by atoms with Crippen LogP contribution in [0.3, 0.4) is 0 Å². The van der Waals surface area contributed by atoms with Gasteiger partial charge in [-0.25, -0.2) is 18.2 Å². The average molecular weight is 583 g/mol. The SMILES string of the molecule is C=C1C=CSC1C1=N[C@@H](c2ccc(F)cc2Cl)C(c2cccc(C(F)F)n2)=C2CC(NC(=O)C3=CCCC3)CN12. The van der Waals surface area contributed by atoms with Gasteiger partial charge >= 0.3 is 0 Å². The fourth-order valence-corrected chi connectivity index (χ4v) is 6.92. The van der Waals surface area contributed by atoms with Crippen LogP contribution in [0.4, 0.5) is 13.2 Å². The maximum Gasteiger partial charge on any atom is 0.280 e. The molecule has 0 spiro atoms. The number of thioether (sulfide) groups is 1. The Bertz CT molecular complexity index is 1520. The number of pyridine rings is 1. The molecule has 206 valence electrons. The number of nitrogens with one attached hydrogen (secondary N) is 1. The molecule has 5 nitrogen and oxygen atoms in total. The Hall–Kier alpha value is -3.30. The lowest BCUT2D eigenvalue weighted by molar-refractivity contribution is -0.118. The number of allylic oxidation sites excluding steroid dienone is 2. The van der Waals surface area contributed by atoms with Crippen LogP contribution >= 0.6 is 23.4 Å². The fraction of sp³-hybridized carbons (Fsp3) is 0.300. The zero-order valence-electron chi connectivity index (χ0n) is 21.4. The van der Waals surface area contributed by atoms with Crippen molar-refractivity contribution in [3.8, 4) is 0 Å². The predicted molar refractivity (Wildman–Crippen MR) is 153 cm³/mol. The second kappa shape index (κ2) is 10.9. The zero-order chi connectivity index (χ0) is 28.0. The van der Waals surface area contributed by atoms with Gasteiger partial charge in [-0.1, -0.05) is 42.5 Å². The number of carbonyl (C=O) groups is 1. The Balaban J connectivity index is 1.49. The zero-order valence-corrected chi connectivity index (χ0v) is 23.0. The average Bonchev–Trinajstić information content (AvgIpc) is 3.69. The molecule has 40 heavy (non-hydrogen) atoms. The number of fused-ring (bicyclic) bond motifs is 1. The van der Waals surface area contributed by atoms with Crippen LogP contribution < -0.4 is 5.32 Å². The predicted octanol–water partition coefficient (Wildman–Crippen LogP) is 7.16. The molecule has 0 radical (unpaired) electrons. The Morgan fingerprint density at radius 2 is 2.10 bits per heavy atom. The summed E-state index contributed by atoms with van der Waals surface area (Å²) in [4.78, 5) is 24.5. The molecule has 3 aliphatic heterocycles. The van der Waals surface area contributed by atoms with E-state index in [1.54, 1.807) is 30.0 Å². The van der Waals surface area contributed by atoms with E-state index < -0.39 is 18.3 Å². The highest BCUT2D eigenvalue weighted by atomic mass is 35.5. The van der Waals surface area contributed by atoms with Gasteiger partial charge in [0, 0.05) is 40.4 Å². The van der Waals surface area contributed by atoms with E-state index >= 15 is 0 Å². The highest BCUT2D eigenvalue weighted by Gasteiger charge is 2.43. The maximum absolute atomic E-state index is 14.1. The number of rotatable bonds is 6. The molecule has 6 rings (SSSR count). The van der Waals surface area contributed by atoms with E-state index in [2.05, 4.69) is 21.8 Å². The molecule has 2 aromatic rings. The smallest absolute Gasteiger partial charge is 0.280 e. The first kappa shape index (κ1) is 26.9. The topological polar surface area (TPSA) is 57.6 Å². The van der Waals surface area contributed by atoms with Crippen molar-refractivity contribution in [2.24, 2.45) is 4.99 Å². The van der Waals surface area contributed by atoms with Gasteiger partial charge in [0.25, 0.3) is 6.43 Å². The van der Waals surface area contributed by atoms with Gasteiger partial charge in [0.05, 0.1) is 17.0 Å². The molecule has 4 heterocycles. The minimum atomic E-state index is -2.75. The third kappa shape index (κ3) is 5.01. The van der Waals surface area contributed by atoms with Crippen LogP contribution in [0, 0.1) is 5.82 Å². The number of aromatic nitrogens is 1. The van der Waals surface area contributed by atoms with Crippen LogP contribution in [0.2, 0.25) is 5.02 Å². The lowest BCUT2D eigenvalue weighted by atomic mass is 9.91. The summed E-state index contributed by atoms with van der Waals surface area (Å²) in [6.45, 7) is 4.66. The van der Waals surface area contributed by atoms with E-state index in [9.17, 15) is 18.0 Å². The Labute approximate surface area is 239 Å². The third-order valence-corrected chi connectivity index (χ3v) is 8.96. The van der Waals surface area contributed by atoms with Gasteiger partial charge in [-0.15, -0.1) is 11.8 Å². The van der Waals surface area contributed by atoms with Gasteiger partial charge in [0.2, 0.25) is 5.91 Å². The molecule has 0 bridgehead atoms. The van der Waals surface area contributed by atoms with Crippen molar-refractivity contribution in [2.45, 2.75) is 49.4 Å². The Morgan fingerprint density at radius 3 is 2.80 bits per heavy atom. The van der Waals surface area contributed by atoms with Crippen molar-refractivity contribution in [2.75, 3.05) is 6.54 Å². The summed E-state index contributed by atoms with van der Waals surface area (Å²) in [5.41, 5.74) is 3.62. The van der Waals surface area contributed by atoms with Crippen molar-refractivity contribution >= 4 is 40.7 Å². The minimum Gasteiger partial charge on any atom is -0.347 e. The fourth-order valence-electron chi connectivity index (χ4n) is 5.68. The van der Waals surface area contributed by atoms with Crippen molar-refractivity contribution in [1.29, 1.82) is 0 Å². The second-order valence-electron chi connectivity index (χ2n) is 10.2.